The van der Waals surface area contributed by atoms with Crippen LogP contribution in [-0.4, -0.2) is 58.8 Å². The highest BCUT2D eigenvalue weighted by molar-refractivity contribution is 5.33. The molecule has 1 aliphatic heterocycles. The highest BCUT2D eigenvalue weighted by Crippen LogP contribution is 2.26. The zero-order chi connectivity index (χ0) is 14.0. The van der Waals surface area contributed by atoms with Crippen LogP contribution >= 0.6 is 0 Å². The van der Waals surface area contributed by atoms with Gasteiger partial charge in [-0.25, -0.2) is 0 Å². The van der Waals surface area contributed by atoms with Crippen molar-refractivity contribution in [2.45, 2.75) is 19.4 Å². The van der Waals surface area contributed by atoms with E-state index in [0.717, 1.165) is 19.5 Å². The molecule has 7 heteroatoms. The molecule has 2 unspecified atom stereocenters. The number of hydrogen-bond donors (Lipinski definition) is 2. The lowest BCUT2D eigenvalue weighted by Gasteiger charge is -2.23. The molecule has 1 aliphatic rings. The van der Waals surface area contributed by atoms with Gasteiger partial charge in [0.25, 0.3) is 0 Å². The van der Waals surface area contributed by atoms with Crippen LogP contribution in [0.5, 0.6) is 0 Å². The number of nitrogen functional groups attached to an aromatic ring is 1. The fourth-order valence-corrected chi connectivity index (χ4v) is 2.31. The van der Waals surface area contributed by atoms with Crippen LogP contribution in [-0.2, 0) is 0 Å². The molecule has 0 bridgehead atoms. The Balaban J connectivity index is 2.17. The highest BCUT2D eigenvalue weighted by atomic mass is 16.3. The van der Waals surface area contributed by atoms with Crippen molar-refractivity contribution in [3.05, 3.63) is 5.82 Å². The Kier molecular flexibility index (Phi) is 4.16. The number of anilines is 2. The lowest BCUT2D eigenvalue weighted by atomic mass is 10.1. The average molecular weight is 266 g/mol. The molecule has 19 heavy (non-hydrogen) atoms. The lowest BCUT2D eigenvalue weighted by molar-refractivity contribution is 0.201. The number of likely N-dealkylation sites (tertiary alicyclic amines) is 1. The summed E-state index contributed by atoms with van der Waals surface area (Å²) in [5, 5.41) is 9.20. The largest absolute Gasteiger partial charge is 0.396 e. The second-order valence-corrected chi connectivity index (χ2v) is 5.25. The van der Waals surface area contributed by atoms with Gasteiger partial charge < -0.3 is 15.7 Å². The Morgan fingerprint density at radius 1 is 1.42 bits per heavy atom. The monoisotopic (exact) mass is 266 g/mol. The third kappa shape index (κ3) is 3.10. The molecule has 0 radical (unpaired) electrons. The SMILES string of the molecule is CC(c1nc(N)nc(N(C)C)n1)N1CCC(CO)C1. The first-order valence-corrected chi connectivity index (χ1v) is 6.55. The normalized spacial score (nSPS) is 21.6. The van der Waals surface area contributed by atoms with E-state index in [4.69, 9.17) is 5.73 Å². The van der Waals surface area contributed by atoms with Crippen LogP contribution in [0.4, 0.5) is 11.9 Å². The summed E-state index contributed by atoms with van der Waals surface area (Å²) < 4.78 is 0. The summed E-state index contributed by atoms with van der Waals surface area (Å²) in [4.78, 5) is 16.9. The summed E-state index contributed by atoms with van der Waals surface area (Å²) in [5.41, 5.74) is 5.74. The van der Waals surface area contributed by atoms with Gasteiger partial charge in [0, 0.05) is 27.2 Å². The quantitative estimate of drug-likeness (QED) is 0.786. The topological polar surface area (TPSA) is 91.4 Å². The molecule has 0 aliphatic carbocycles. The third-order valence-corrected chi connectivity index (χ3v) is 3.56. The molecule has 2 rings (SSSR count). The summed E-state index contributed by atoms with van der Waals surface area (Å²) in [6, 6.07) is 0.0838. The molecule has 1 fully saturated rings. The molecule has 2 atom stereocenters. The summed E-state index contributed by atoms with van der Waals surface area (Å²) in [5.74, 6) is 1.87. The maximum atomic E-state index is 9.20. The maximum Gasteiger partial charge on any atom is 0.229 e. The second kappa shape index (κ2) is 5.66. The maximum absolute atomic E-state index is 9.20. The number of rotatable bonds is 4. The molecule has 0 saturated carbocycles. The minimum Gasteiger partial charge on any atom is -0.396 e. The van der Waals surface area contributed by atoms with Crippen molar-refractivity contribution < 1.29 is 5.11 Å². The van der Waals surface area contributed by atoms with Crippen molar-refractivity contribution >= 4 is 11.9 Å². The highest BCUT2D eigenvalue weighted by Gasteiger charge is 2.28. The summed E-state index contributed by atoms with van der Waals surface area (Å²) >= 11 is 0. The first kappa shape index (κ1) is 14.0. The zero-order valence-electron chi connectivity index (χ0n) is 11.7. The molecule has 1 saturated heterocycles. The van der Waals surface area contributed by atoms with Gasteiger partial charge in [0.15, 0.2) is 5.82 Å². The van der Waals surface area contributed by atoms with Crippen molar-refractivity contribution in [3.8, 4) is 0 Å². The third-order valence-electron chi connectivity index (χ3n) is 3.56. The van der Waals surface area contributed by atoms with Gasteiger partial charge in [-0.1, -0.05) is 0 Å². The van der Waals surface area contributed by atoms with Crippen LogP contribution in [0.25, 0.3) is 0 Å². The van der Waals surface area contributed by atoms with Gasteiger partial charge in [0.2, 0.25) is 11.9 Å². The lowest BCUT2D eigenvalue weighted by Crippen LogP contribution is -2.28. The number of aliphatic hydroxyl groups is 1. The van der Waals surface area contributed by atoms with E-state index in [9.17, 15) is 5.11 Å². The number of nitrogens with two attached hydrogens (primary N) is 1. The van der Waals surface area contributed by atoms with Crippen molar-refractivity contribution in [2.75, 3.05) is 44.4 Å². The number of nitrogens with zero attached hydrogens (tertiary/aromatic N) is 5. The minimum absolute atomic E-state index is 0.0838. The van der Waals surface area contributed by atoms with Crippen LogP contribution in [0.2, 0.25) is 0 Å². The van der Waals surface area contributed by atoms with Crippen LogP contribution in [0.15, 0.2) is 0 Å². The van der Waals surface area contributed by atoms with E-state index in [2.05, 4.69) is 26.8 Å². The Hall–Kier alpha value is -1.47. The van der Waals surface area contributed by atoms with E-state index in [-0.39, 0.29) is 18.6 Å². The van der Waals surface area contributed by atoms with E-state index >= 15 is 0 Å². The molecule has 3 N–H and O–H groups in total. The fraction of sp³-hybridized carbons (Fsp3) is 0.750. The zero-order valence-corrected chi connectivity index (χ0v) is 11.7. The first-order chi connectivity index (χ1) is 9.01. The Morgan fingerprint density at radius 2 is 2.16 bits per heavy atom. The van der Waals surface area contributed by atoms with Crippen LogP contribution in [0, 0.1) is 5.92 Å². The predicted octanol–water partition coefficient (Wildman–Crippen LogP) is -0.105. The van der Waals surface area contributed by atoms with Crippen LogP contribution in [0.1, 0.15) is 25.2 Å². The molecule has 106 valence electrons. The standard InChI is InChI=1S/C12H22N6O/c1-8(18-5-4-9(6-18)7-19)10-14-11(13)16-12(15-10)17(2)3/h8-9,19H,4-7H2,1-3H3,(H2,13,14,15,16). The molecular weight excluding hydrogens is 244 g/mol. The van der Waals surface area contributed by atoms with Gasteiger partial charge in [-0.05, 0) is 25.8 Å². The van der Waals surface area contributed by atoms with Gasteiger partial charge in [-0.15, -0.1) is 0 Å². The Labute approximate surface area is 113 Å². The van der Waals surface area contributed by atoms with Gasteiger partial charge >= 0.3 is 0 Å². The summed E-state index contributed by atoms with van der Waals surface area (Å²) in [7, 11) is 3.75. The van der Waals surface area contributed by atoms with Crippen molar-refractivity contribution in [2.24, 2.45) is 5.92 Å². The van der Waals surface area contributed by atoms with Gasteiger partial charge in [0.1, 0.15) is 0 Å². The van der Waals surface area contributed by atoms with Crippen molar-refractivity contribution in [1.82, 2.24) is 19.9 Å². The molecule has 0 spiro atoms. The molecule has 2 heterocycles. The van der Waals surface area contributed by atoms with E-state index in [0.29, 0.717) is 17.7 Å². The van der Waals surface area contributed by atoms with Gasteiger partial charge in [-0.3, -0.25) is 4.90 Å². The van der Waals surface area contributed by atoms with E-state index in [1.54, 1.807) is 0 Å². The van der Waals surface area contributed by atoms with Crippen LogP contribution in [0.3, 0.4) is 0 Å². The smallest absolute Gasteiger partial charge is 0.229 e. The molecule has 0 aromatic carbocycles. The predicted molar refractivity (Wildman–Crippen MR) is 73.7 cm³/mol. The number of hydrogen-bond acceptors (Lipinski definition) is 7. The summed E-state index contributed by atoms with van der Waals surface area (Å²) in [6.45, 7) is 4.13. The summed E-state index contributed by atoms with van der Waals surface area (Å²) in [6.07, 6.45) is 1.02. The van der Waals surface area contributed by atoms with E-state index in [1.165, 1.54) is 0 Å². The number of aliphatic hydroxyl groups excluding tert-OH is 1. The Bertz CT molecular complexity index is 438. The molecular formula is C12H22N6O. The molecule has 1 aromatic rings. The number of aromatic nitrogens is 3. The molecule has 0 amide bonds. The average Bonchev–Trinajstić information content (AvgIpc) is 2.85. The van der Waals surface area contributed by atoms with Crippen molar-refractivity contribution in [1.29, 1.82) is 0 Å². The van der Waals surface area contributed by atoms with E-state index in [1.807, 2.05) is 19.0 Å². The minimum atomic E-state index is 0.0838. The van der Waals surface area contributed by atoms with Crippen molar-refractivity contribution in [3.63, 3.8) is 0 Å². The van der Waals surface area contributed by atoms with E-state index < -0.39 is 0 Å². The molecule has 1 aromatic heterocycles. The second-order valence-electron chi connectivity index (χ2n) is 5.25. The molecule has 7 nitrogen and oxygen atoms in total. The van der Waals surface area contributed by atoms with Crippen LogP contribution < -0.4 is 10.6 Å². The van der Waals surface area contributed by atoms with Gasteiger partial charge in [-0.2, -0.15) is 15.0 Å². The fourth-order valence-electron chi connectivity index (χ4n) is 2.31. The Morgan fingerprint density at radius 3 is 2.74 bits per heavy atom. The van der Waals surface area contributed by atoms with Gasteiger partial charge in [0.05, 0.1) is 6.04 Å². The first-order valence-electron chi connectivity index (χ1n) is 6.55.